The maximum Gasteiger partial charge on any atom is 0.112 e. The van der Waals surface area contributed by atoms with Gasteiger partial charge in [-0.05, 0) is 37.7 Å². The van der Waals surface area contributed by atoms with Crippen LogP contribution in [0, 0.1) is 12.8 Å². The SMILES string of the molecule is [CH2]C(Cc1ccccc1)(c1ncc[nH]1)C1CCCCC1. The Morgan fingerprint density at radius 3 is 2.55 bits per heavy atom. The average molecular weight is 267 g/mol. The molecule has 0 amide bonds. The summed E-state index contributed by atoms with van der Waals surface area (Å²) in [7, 11) is 0. The predicted octanol–water partition coefficient (Wildman–Crippen LogP) is 4.30. The normalized spacial score (nSPS) is 19.6. The number of aromatic nitrogens is 2. The molecule has 1 aromatic carbocycles. The molecule has 0 aliphatic heterocycles. The number of imidazole rings is 1. The Morgan fingerprint density at radius 1 is 1.15 bits per heavy atom. The molecule has 1 saturated carbocycles. The van der Waals surface area contributed by atoms with Crippen molar-refractivity contribution in [1.82, 2.24) is 9.97 Å². The van der Waals surface area contributed by atoms with Crippen molar-refractivity contribution in [2.75, 3.05) is 0 Å². The highest BCUT2D eigenvalue weighted by Gasteiger charge is 2.38. The summed E-state index contributed by atoms with van der Waals surface area (Å²) >= 11 is 0. The molecule has 0 spiro atoms. The summed E-state index contributed by atoms with van der Waals surface area (Å²) in [6, 6.07) is 10.7. The van der Waals surface area contributed by atoms with Crippen LogP contribution >= 0.6 is 0 Å². The van der Waals surface area contributed by atoms with Gasteiger partial charge in [-0.1, -0.05) is 49.6 Å². The zero-order valence-corrected chi connectivity index (χ0v) is 12.0. The van der Waals surface area contributed by atoms with Crippen LogP contribution in [-0.2, 0) is 11.8 Å². The average Bonchev–Trinajstić information content (AvgIpc) is 3.04. The van der Waals surface area contributed by atoms with E-state index in [2.05, 4.69) is 47.2 Å². The molecule has 2 heteroatoms. The Bertz CT molecular complexity index is 512. The summed E-state index contributed by atoms with van der Waals surface area (Å²) in [5.74, 6) is 1.68. The second-order valence-electron chi connectivity index (χ2n) is 6.09. The van der Waals surface area contributed by atoms with E-state index in [1.54, 1.807) is 0 Å². The Morgan fingerprint density at radius 2 is 1.90 bits per heavy atom. The lowest BCUT2D eigenvalue weighted by Gasteiger charge is -2.38. The van der Waals surface area contributed by atoms with Crippen LogP contribution in [0.5, 0.6) is 0 Å². The van der Waals surface area contributed by atoms with Crippen LogP contribution in [0.1, 0.15) is 43.5 Å². The number of hydrogen-bond donors (Lipinski definition) is 1. The van der Waals surface area contributed by atoms with Crippen LogP contribution in [0.4, 0.5) is 0 Å². The van der Waals surface area contributed by atoms with Crippen molar-refractivity contribution in [2.45, 2.75) is 43.9 Å². The number of rotatable bonds is 4. The maximum absolute atomic E-state index is 4.64. The fourth-order valence-electron chi connectivity index (χ4n) is 3.57. The summed E-state index contributed by atoms with van der Waals surface area (Å²) in [5.41, 5.74) is 1.23. The van der Waals surface area contributed by atoms with E-state index < -0.39 is 0 Å². The number of nitrogens with zero attached hydrogens (tertiary/aromatic N) is 1. The third-order valence-corrected chi connectivity index (χ3v) is 4.72. The van der Waals surface area contributed by atoms with Crippen molar-refractivity contribution in [3.8, 4) is 0 Å². The molecule has 1 heterocycles. The van der Waals surface area contributed by atoms with Gasteiger partial charge < -0.3 is 4.98 Å². The molecule has 0 bridgehead atoms. The van der Waals surface area contributed by atoms with Gasteiger partial charge in [-0.3, -0.25) is 0 Å². The third kappa shape index (κ3) is 2.65. The minimum Gasteiger partial charge on any atom is -0.348 e. The molecule has 3 rings (SSSR count). The Labute approximate surface area is 121 Å². The van der Waals surface area contributed by atoms with E-state index in [0.29, 0.717) is 5.92 Å². The Kier molecular flexibility index (Phi) is 3.90. The quantitative estimate of drug-likeness (QED) is 0.878. The predicted molar refractivity (Wildman–Crippen MR) is 82.3 cm³/mol. The first-order valence-electron chi connectivity index (χ1n) is 7.68. The van der Waals surface area contributed by atoms with E-state index in [-0.39, 0.29) is 5.41 Å². The molecule has 0 saturated heterocycles. The van der Waals surface area contributed by atoms with Gasteiger partial charge in [0.25, 0.3) is 0 Å². The summed E-state index contributed by atoms with van der Waals surface area (Å²) in [4.78, 5) is 7.86. The van der Waals surface area contributed by atoms with Crippen LogP contribution < -0.4 is 0 Å². The van der Waals surface area contributed by atoms with Crippen molar-refractivity contribution in [3.63, 3.8) is 0 Å². The smallest absolute Gasteiger partial charge is 0.112 e. The largest absolute Gasteiger partial charge is 0.348 e. The van der Waals surface area contributed by atoms with Crippen molar-refractivity contribution < 1.29 is 0 Å². The number of aromatic amines is 1. The third-order valence-electron chi connectivity index (χ3n) is 4.72. The molecule has 105 valence electrons. The van der Waals surface area contributed by atoms with E-state index in [1.165, 1.54) is 37.7 Å². The highest BCUT2D eigenvalue weighted by molar-refractivity contribution is 5.24. The summed E-state index contributed by atoms with van der Waals surface area (Å²) < 4.78 is 0. The summed E-state index contributed by atoms with van der Waals surface area (Å²) in [5, 5.41) is 0. The fraction of sp³-hybridized carbons (Fsp3) is 0.444. The topological polar surface area (TPSA) is 28.7 Å². The van der Waals surface area contributed by atoms with Gasteiger partial charge >= 0.3 is 0 Å². The second-order valence-corrected chi connectivity index (χ2v) is 6.09. The van der Waals surface area contributed by atoms with Gasteiger partial charge in [0.1, 0.15) is 5.82 Å². The molecule has 1 aliphatic rings. The van der Waals surface area contributed by atoms with Gasteiger partial charge in [0, 0.05) is 17.8 Å². The van der Waals surface area contributed by atoms with Gasteiger partial charge in [-0.25, -0.2) is 4.98 Å². The molecule has 1 atom stereocenters. The zero-order valence-electron chi connectivity index (χ0n) is 12.0. The van der Waals surface area contributed by atoms with Gasteiger partial charge in [0.15, 0.2) is 0 Å². The first-order chi connectivity index (χ1) is 9.79. The van der Waals surface area contributed by atoms with Gasteiger partial charge in [-0.15, -0.1) is 0 Å². The standard InChI is InChI=1S/C18H23N2/c1-18(17-19-12-13-20-17,16-10-6-3-7-11-16)14-15-8-4-2-5-9-15/h2,4-5,8-9,12-13,16H,1,3,6-7,10-11,14H2,(H,19,20). The fourth-order valence-corrected chi connectivity index (χ4v) is 3.57. The summed E-state index contributed by atoms with van der Waals surface area (Å²) in [6.07, 6.45) is 11.3. The molecule has 1 radical (unpaired) electrons. The van der Waals surface area contributed by atoms with Crippen LogP contribution in [0.3, 0.4) is 0 Å². The monoisotopic (exact) mass is 267 g/mol. The van der Waals surface area contributed by atoms with Crippen LogP contribution in [0.25, 0.3) is 0 Å². The molecular formula is C18H23N2. The molecule has 20 heavy (non-hydrogen) atoms. The zero-order chi connectivity index (χ0) is 13.8. The van der Waals surface area contributed by atoms with Crippen LogP contribution in [0.15, 0.2) is 42.7 Å². The Hall–Kier alpha value is -1.57. The molecule has 1 fully saturated rings. The maximum atomic E-state index is 4.64. The van der Waals surface area contributed by atoms with Crippen molar-refractivity contribution >= 4 is 0 Å². The van der Waals surface area contributed by atoms with Crippen LogP contribution in [-0.4, -0.2) is 9.97 Å². The molecule has 1 N–H and O–H groups in total. The van der Waals surface area contributed by atoms with Crippen LogP contribution in [0.2, 0.25) is 0 Å². The molecule has 2 nitrogen and oxygen atoms in total. The lowest BCUT2D eigenvalue weighted by molar-refractivity contribution is 0.232. The molecule has 1 unspecified atom stereocenters. The van der Waals surface area contributed by atoms with E-state index in [4.69, 9.17) is 0 Å². The van der Waals surface area contributed by atoms with E-state index in [0.717, 1.165) is 12.2 Å². The first kappa shape index (κ1) is 13.4. The number of hydrogen-bond acceptors (Lipinski definition) is 1. The second kappa shape index (κ2) is 5.82. The minimum atomic E-state index is -0.120. The minimum absolute atomic E-state index is 0.120. The molecular weight excluding hydrogens is 244 g/mol. The molecule has 2 aromatic rings. The summed E-state index contributed by atoms with van der Waals surface area (Å²) in [6.45, 7) is 4.64. The highest BCUT2D eigenvalue weighted by Crippen LogP contribution is 2.41. The van der Waals surface area contributed by atoms with Crippen molar-refractivity contribution in [1.29, 1.82) is 0 Å². The van der Waals surface area contributed by atoms with Crippen molar-refractivity contribution in [2.24, 2.45) is 5.92 Å². The lowest BCUT2D eigenvalue weighted by atomic mass is 9.66. The lowest BCUT2D eigenvalue weighted by Crippen LogP contribution is -2.37. The van der Waals surface area contributed by atoms with Gasteiger partial charge in [0.05, 0.1) is 0 Å². The molecule has 1 aromatic heterocycles. The van der Waals surface area contributed by atoms with E-state index in [1.807, 2.05) is 12.4 Å². The number of nitrogens with one attached hydrogen (secondary N) is 1. The first-order valence-corrected chi connectivity index (χ1v) is 7.68. The number of H-pyrrole nitrogens is 1. The van der Waals surface area contributed by atoms with Crippen molar-refractivity contribution in [3.05, 3.63) is 61.0 Å². The molecule has 1 aliphatic carbocycles. The Balaban J connectivity index is 1.90. The van der Waals surface area contributed by atoms with Gasteiger partial charge in [-0.2, -0.15) is 0 Å². The van der Waals surface area contributed by atoms with E-state index >= 15 is 0 Å². The number of benzene rings is 1. The van der Waals surface area contributed by atoms with E-state index in [9.17, 15) is 0 Å². The van der Waals surface area contributed by atoms with Gasteiger partial charge in [0.2, 0.25) is 0 Å². The highest BCUT2D eigenvalue weighted by atomic mass is 14.9.